The zero-order chi connectivity index (χ0) is 19.2. The standard InChI is InChI=1S/C21H22N4O2/c1-4-17(15-8-9-18(26)19(13-15)27-3)21-23-12-10-20(25(21)2)24-14-16-7-5-6-11-22-16/h4-13,24,26H,1,14H2,2-3H3/b21-17+. The number of phenolic OH excluding ortho intramolecular Hbond substituents is 1. The van der Waals surface area contributed by atoms with Crippen molar-refractivity contribution >= 4 is 11.8 Å². The number of methoxy groups -OCH3 is 1. The molecule has 6 nitrogen and oxygen atoms in total. The molecule has 27 heavy (non-hydrogen) atoms. The van der Waals surface area contributed by atoms with Gasteiger partial charge in [-0.2, -0.15) is 0 Å². The van der Waals surface area contributed by atoms with E-state index in [1.54, 1.807) is 30.6 Å². The second-order valence-electron chi connectivity index (χ2n) is 5.89. The van der Waals surface area contributed by atoms with Crippen LogP contribution in [0.3, 0.4) is 0 Å². The molecule has 0 radical (unpaired) electrons. The summed E-state index contributed by atoms with van der Waals surface area (Å²) >= 11 is 0. The maximum Gasteiger partial charge on any atom is 0.161 e. The minimum absolute atomic E-state index is 0.0905. The summed E-state index contributed by atoms with van der Waals surface area (Å²) in [6.07, 6.45) is 7.18. The zero-order valence-electron chi connectivity index (χ0n) is 15.4. The van der Waals surface area contributed by atoms with Gasteiger partial charge in [0.05, 0.1) is 19.3 Å². The maximum absolute atomic E-state index is 9.84. The van der Waals surface area contributed by atoms with Crippen LogP contribution in [0.4, 0.5) is 0 Å². The van der Waals surface area contributed by atoms with Gasteiger partial charge < -0.3 is 20.1 Å². The van der Waals surface area contributed by atoms with Gasteiger partial charge in [0.1, 0.15) is 11.6 Å². The Labute approximate surface area is 158 Å². The molecule has 2 aromatic rings. The second kappa shape index (κ2) is 8.23. The van der Waals surface area contributed by atoms with Gasteiger partial charge in [-0.1, -0.05) is 24.8 Å². The van der Waals surface area contributed by atoms with Gasteiger partial charge in [-0.15, -0.1) is 0 Å². The molecule has 1 aliphatic heterocycles. The van der Waals surface area contributed by atoms with E-state index < -0.39 is 0 Å². The van der Waals surface area contributed by atoms with Gasteiger partial charge in [0.25, 0.3) is 0 Å². The lowest BCUT2D eigenvalue weighted by Crippen LogP contribution is -2.30. The minimum atomic E-state index is 0.0905. The van der Waals surface area contributed by atoms with E-state index >= 15 is 0 Å². The van der Waals surface area contributed by atoms with Gasteiger partial charge >= 0.3 is 0 Å². The lowest BCUT2D eigenvalue weighted by atomic mass is 10.0. The number of nitrogens with zero attached hydrogens (tertiary/aromatic N) is 3. The Kier molecular flexibility index (Phi) is 5.56. The Bertz CT molecular complexity index is 917. The number of hydrogen-bond acceptors (Lipinski definition) is 6. The van der Waals surface area contributed by atoms with Gasteiger partial charge in [0.15, 0.2) is 11.5 Å². The van der Waals surface area contributed by atoms with Crippen molar-refractivity contribution in [3.8, 4) is 11.5 Å². The third-order valence-electron chi connectivity index (χ3n) is 4.22. The molecule has 6 heteroatoms. The molecular weight excluding hydrogens is 340 g/mol. The minimum Gasteiger partial charge on any atom is -0.504 e. The van der Waals surface area contributed by atoms with Crippen LogP contribution in [0, 0.1) is 0 Å². The van der Waals surface area contributed by atoms with Crippen LogP contribution >= 0.6 is 0 Å². The summed E-state index contributed by atoms with van der Waals surface area (Å²) in [5.41, 5.74) is 2.63. The fraction of sp³-hybridized carbons (Fsp3) is 0.143. The number of phenols is 1. The third-order valence-corrected chi connectivity index (χ3v) is 4.22. The fourth-order valence-corrected chi connectivity index (χ4v) is 2.79. The molecule has 2 heterocycles. The van der Waals surface area contributed by atoms with Crippen LogP contribution in [0.15, 0.2) is 78.0 Å². The summed E-state index contributed by atoms with van der Waals surface area (Å²) in [5.74, 6) is 2.13. The summed E-state index contributed by atoms with van der Waals surface area (Å²) in [6.45, 7) is 4.54. The first-order chi connectivity index (χ1) is 13.1. The van der Waals surface area contributed by atoms with Gasteiger partial charge in [-0.25, -0.2) is 4.99 Å². The van der Waals surface area contributed by atoms with Crippen LogP contribution in [0.25, 0.3) is 5.57 Å². The van der Waals surface area contributed by atoms with E-state index in [-0.39, 0.29) is 5.75 Å². The molecule has 1 aliphatic rings. The van der Waals surface area contributed by atoms with E-state index in [1.807, 2.05) is 42.3 Å². The van der Waals surface area contributed by atoms with Gasteiger partial charge in [-0.05, 0) is 35.9 Å². The molecule has 0 saturated heterocycles. The monoisotopic (exact) mass is 362 g/mol. The highest BCUT2D eigenvalue weighted by molar-refractivity contribution is 5.82. The van der Waals surface area contributed by atoms with E-state index in [0.717, 1.165) is 28.5 Å². The lowest BCUT2D eigenvalue weighted by Gasteiger charge is -2.28. The van der Waals surface area contributed by atoms with E-state index in [4.69, 9.17) is 4.74 Å². The fourth-order valence-electron chi connectivity index (χ4n) is 2.79. The first-order valence-corrected chi connectivity index (χ1v) is 8.50. The van der Waals surface area contributed by atoms with Crippen molar-refractivity contribution in [2.75, 3.05) is 14.2 Å². The summed E-state index contributed by atoms with van der Waals surface area (Å²) in [6, 6.07) is 11.0. The number of ether oxygens (including phenoxy) is 1. The van der Waals surface area contributed by atoms with Crippen molar-refractivity contribution < 1.29 is 9.84 Å². The van der Waals surface area contributed by atoms with Crippen LogP contribution in [-0.4, -0.2) is 35.4 Å². The normalized spacial score (nSPS) is 15.2. The molecule has 0 amide bonds. The Morgan fingerprint density at radius 2 is 2.19 bits per heavy atom. The van der Waals surface area contributed by atoms with E-state index in [2.05, 4.69) is 21.9 Å². The molecule has 0 unspecified atom stereocenters. The summed E-state index contributed by atoms with van der Waals surface area (Å²) in [4.78, 5) is 10.8. The Balaban J connectivity index is 1.87. The molecule has 1 aromatic heterocycles. The number of aromatic hydroxyl groups is 1. The quantitative estimate of drug-likeness (QED) is 0.825. The third kappa shape index (κ3) is 4.00. The predicted molar refractivity (Wildman–Crippen MR) is 107 cm³/mol. The highest BCUT2D eigenvalue weighted by atomic mass is 16.5. The number of aromatic nitrogens is 1. The number of nitrogens with one attached hydrogen (secondary N) is 1. The van der Waals surface area contributed by atoms with Gasteiger partial charge in [0.2, 0.25) is 0 Å². The maximum atomic E-state index is 9.84. The van der Waals surface area contributed by atoms with Gasteiger partial charge in [0, 0.05) is 25.0 Å². The molecule has 0 fully saturated rings. The van der Waals surface area contributed by atoms with Crippen LogP contribution in [0.1, 0.15) is 11.3 Å². The molecule has 3 rings (SSSR count). The molecule has 1 aromatic carbocycles. The van der Waals surface area contributed by atoms with Crippen molar-refractivity contribution in [2.45, 2.75) is 6.54 Å². The van der Waals surface area contributed by atoms with E-state index in [1.165, 1.54) is 7.11 Å². The molecule has 0 atom stereocenters. The number of allylic oxidation sites excluding steroid dienone is 3. The van der Waals surface area contributed by atoms with Crippen LogP contribution < -0.4 is 10.1 Å². The smallest absolute Gasteiger partial charge is 0.161 e. The van der Waals surface area contributed by atoms with Crippen LogP contribution in [0.5, 0.6) is 11.5 Å². The molecule has 0 saturated carbocycles. The Morgan fingerprint density at radius 1 is 1.33 bits per heavy atom. The molecule has 0 bridgehead atoms. The van der Waals surface area contributed by atoms with Crippen LogP contribution in [0.2, 0.25) is 0 Å². The second-order valence-corrected chi connectivity index (χ2v) is 5.89. The lowest BCUT2D eigenvalue weighted by molar-refractivity contribution is 0.373. The number of pyridine rings is 1. The summed E-state index contributed by atoms with van der Waals surface area (Å²) < 4.78 is 5.21. The van der Waals surface area contributed by atoms with Crippen molar-refractivity contribution in [1.82, 2.24) is 15.2 Å². The van der Waals surface area contributed by atoms with Crippen molar-refractivity contribution in [3.05, 3.63) is 84.2 Å². The molecule has 2 N–H and O–H groups in total. The number of aliphatic imine (C=N–C) groups is 1. The predicted octanol–water partition coefficient (Wildman–Crippen LogP) is 3.30. The molecule has 0 spiro atoms. The van der Waals surface area contributed by atoms with Gasteiger partial charge in [-0.3, -0.25) is 4.98 Å². The number of benzene rings is 1. The van der Waals surface area contributed by atoms with Crippen molar-refractivity contribution in [1.29, 1.82) is 0 Å². The number of rotatable bonds is 6. The average molecular weight is 362 g/mol. The Morgan fingerprint density at radius 3 is 2.89 bits per heavy atom. The SMILES string of the molecule is C=C/C(=C1/N=CC=C(NCc2ccccn2)N1C)c1ccc(O)c(OC)c1. The first kappa shape index (κ1) is 18.3. The zero-order valence-corrected chi connectivity index (χ0v) is 15.4. The average Bonchev–Trinajstić information content (AvgIpc) is 2.70. The van der Waals surface area contributed by atoms with Crippen molar-refractivity contribution in [3.63, 3.8) is 0 Å². The summed E-state index contributed by atoms with van der Waals surface area (Å²) in [5, 5.41) is 13.2. The highest BCUT2D eigenvalue weighted by Crippen LogP contribution is 2.32. The van der Waals surface area contributed by atoms with Crippen LogP contribution in [-0.2, 0) is 6.54 Å². The summed E-state index contributed by atoms with van der Waals surface area (Å²) in [7, 11) is 3.46. The topological polar surface area (TPSA) is 70.0 Å². The van der Waals surface area contributed by atoms with E-state index in [9.17, 15) is 5.11 Å². The van der Waals surface area contributed by atoms with E-state index in [0.29, 0.717) is 12.3 Å². The molecule has 0 aliphatic carbocycles. The largest absolute Gasteiger partial charge is 0.504 e. The Hall–Kier alpha value is -3.54. The number of hydrogen-bond donors (Lipinski definition) is 2. The molecular formula is C21H22N4O2. The first-order valence-electron chi connectivity index (χ1n) is 8.50. The van der Waals surface area contributed by atoms with Crippen molar-refractivity contribution in [2.24, 2.45) is 4.99 Å². The highest BCUT2D eigenvalue weighted by Gasteiger charge is 2.17. The molecule has 138 valence electrons.